The van der Waals surface area contributed by atoms with E-state index in [1.54, 1.807) is 14.2 Å². The minimum absolute atomic E-state index is 0.112. The van der Waals surface area contributed by atoms with Crippen LogP contribution in [0.4, 0.5) is 0 Å². The van der Waals surface area contributed by atoms with E-state index < -0.39 is 0 Å². The van der Waals surface area contributed by atoms with Gasteiger partial charge in [-0.25, -0.2) is 0 Å². The van der Waals surface area contributed by atoms with Crippen LogP contribution in [0.15, 0.2) is 16.6 Å². The van der Waals surface area contributed by atoms with Crippen LogP contribution in [0.25, 0.3) is 0 Å². The molecule has 0 spiro atoms. The largest absolute Gasteiger partial charge is 0.495 e. The molecule has 17 heavy (non-hydrogen) atoms. The fraction of sp³-hybridized carbons (Fsp3) is 0.538. The highest BCUT2D eigenvalue weighted by atomic mass is 79.9. The van der Waals surface area contributed by atoms with E-state index in [-0.39, 0.29) is 10.2 Å². The zero-order valence-electron chi connectivity index (χ0n) is 10.8. The summed E-state index contributed by atoms with van der Waals surface area (Å²) in [5.74, 6) is 1.60. The predicted octanol–water partition coefficient (Wildman–Crippen LogP) is 4.95. The summed E-state index contributed by atoms with van der Waals surface area (Å²) in [5.41, 5.74) is 1.23. The Kier molecular flexibility index (Phi) is 4.90. The van der Waals surface area contributed by atoms with Crippen LogP contribution in [0.1, 0.15) is 31.2 Å². The lowest BCUT2D eigenvalue weighted by Gasteiger charge is -2.27. The number of alkyl halides is 1. The Labute approximate surface area is 120 Å². The molecule has 1 unspecified atom stereocenters. The Hall–Kier alpha value is -0.220. The monoisotopic (exact) mass is 364 g/mol. The minimum atomic E-state index is 0.112. The maximum Gasteiger partial charge on any atom is 0.141 e. The summed E-state index contributed by atoms with van der Waals surface area (Å²) in [4.78, 5) is 0.215. The zero-order valence-corrected chi connectivity index (χ0v) is 14.0. The molecule has 0 aliphatic carbocycles. The molecule has 1 rings (SSSR count). The molecule has 0 heterocycles. The molecule has 4 heteroatoms. The Morgan fingerprint density at radius 2 is 1.71 bits per heavy atom. The molecular weight excluding hydrogens is 348 g/mol. The Morgan fingerprint density at radius 1 is 1.12 bits per heavy atom. The van der Waals surface area contributed by atoms with Gasteiger partial charge < -0.3 is 9.47 Å². The van der Waals surface area contributed by atoms with Gasteiger partial charge in [0.1, 0.15) is 16.0 Å². The van der Waals surface area contributed by atoms with Gasteiger partial charge in [-0.3, -0.25) is 0 Å². The first-order valence-corrected chi connectivity index (χ1v) is 7.08. The average molecular weight is 366 g/mol. The fourth-order valence-corrected chi connectivity index (χ4v) is 2.63. The lowest BCUT2D eigenvalue weighted by atomic mass is 9.87. The maximum absolute atomic E-state index is 5.48. The normalized spacial score (nSPS) is 13.4. The first-order chi connectivity index (χ1) is 7.82. The Morgan fingerprint density at radius 3 is 2.12 bits per heavy atom. The summed E-state index contributed by atoms with van der Waals surface area (Å²) in [6.07, 6.45) is 0. The van der Waals surface area contributed by atoms with Gasteiger partial charge in [-0.05, 0) is 27.4 Å². The quantitative estimate of drug-likeness (QED) is 0.705. The van der Waals surface area contributed by atoms with Crippen LogP contribution in [0.2, 0.25) is 0 Å². The molecule has 0 saturated heterocycles. The van der Waals surface area contributed by atoms with Gasteiger partial charge >= 0.3 is 0 Å². The van der Waals surface area contributed by atoms with Crippen molar-refractivity contribution in [1.29, 1.82) is 0 Å². The van der Waals surface area contributed by atoms with Crippen molar-refractivity contribution in [3.05, 3.63) is 22.2 Å². The number of rotatable bonds is 3. The highest BCUT2D eigenvalue weighted by Crippen LogP contribution is 2.48. The van der Waals surface area contributed by atoms with Crippen molar-refractivity contribution in [2.75, 3.05) is 14.2 Å². The number of benzene rings is 1. The molecule has 0 aliphatic heterocycles. The molecule has 0 amide bonds. The number of hydrogen-bond acceptors (Lipinski definition) is 2. The van der Waals surface area contributed by atoms with E-state index in [1.807, 2.05) is 12.1 Å². The molecule has 0 bridgehead atoms. The van der Waals surface area contributed by atoms with Crippen LogP contribution in [0, 0.1) is 5.41 Å². The molecule has 96 valence electrons. The van der Waals surface area contributed by atoms with Crippen LogP contribution < -0.4 is 9.47 Å². The first-order valence-electron chi connectivity index (χ1n) is 5.37. The third-order valence-corrected chi connectivity index (χ3v) is 5.17. The summed E-state index contributed by atoms with van der Waals surface area (Å²) in [6, 6.07) is 3.98. The SMILES string of the molecule is COc1ccc(C(Br)C(C)(C)C)c(OC)c1Br. The van der Waals surface area contributed by atoms with Gasteiger partial charge in [0.05, 0.1) is 14.2 Å². The van der Waals surface area contributed by atoms with E-state index in [4.69, 9.17) is 9.47 Å². The standard InChI is InChI=1S/C13H18Br2O2/c1-13(2,3)12(15)8-6-7-9(16-4)10(14)11(8)17-5/h6-7,12H,1-5H3. The van der Waals surface area contributed by atoms with Crippen molar-refractivity contribution < 1.29 is 9.47 Å². The number of methoxy groups -OCH3 is 2. The van der Waals surface area contributed by atoms with Crippen molar-refractivity contribution in [2.45, 2.75) is 25.6 Å². The molecule has 0 radical (unpaired) electrons. The summed E-state index contributed by atoms with van der Waals surface area (Å²) in [6.45, 7) is 6.55. The molecule has 0 fully saturated rings. The molecule has 0 aromatic heterocycles. The van der Waals surface area contributed by atoms with Crippen LogP contribution in [-0.2, 0) is 0 Å². The van der Waals surface area contributed by atoms with Gasteiger partial charge in [0.15, 0.2) is 0 Å². The molecular formula is C13H18Br2O2. The molecule has 0 saturated carbocycles. The van der Waals surface area contributed by atoms with E-state index in [2.05, 4.69) is 52.6 Å². The molecule has 0 aliphatic rings. The van der Waals surface area contributed by atoms with Crippen molar-refractivity contribution in [3.8, 4) is 11.5 Å². The van der Waals surface area contributed by atoms with Gasteiger partial charge in [-0.2, -0.15) is 0 Å². The third-order valence-electron chi connectivity index (χ3n) is 2.55. The van der Waals surface area contributed by atoms with E-state index in [0.29, 0.717) is 0 Å². The lowest BCUT2D eigenvalue weighted by Crippen LogP contribution is -2.14. The highest BCUT2D eigenvalue weighted by Gasteiger charge is 2.27. The maximum atomic E-state index is 5.48. The number of hydrogen-bond donors (Lipinski definition) is 0. The smallest absolute Gasteiger partial charge is 0.141 e. The highest BCUT2D eigenvalue weighted by molar-refractivity contribution is 9.10. The van der Waals surface area contributed by atoms with Gasteiger partial charge in [0.25, 0.3) is 0 Å². The average Bonchev–Trinajstić information content (AvgIpc) is 2.26. The van der Waals surface area contributed by atoms with Crippen molar-refractivity contribution >= 4 is 31.9 Å². The summed E-state index contributed by atoms with van der Waals surface area (Å²) in [7, 11) is 3.32. The van der Waals surface area contributed by atoms with Crippen LogP contribution in [-0.4, -0.2) is 14.2 Å². The van der Waals surface area contributed by atoms with Crippen molar-refractivity contribution in [1.82, 2.24) is 0 Å². The van der Waals surface area contributed by atoms with Gasteiger partial charge in [0.2, 0.25) is 0 Å². The fourth-order valence-electron chi connectivity index (χ4n) is 1.58. The van der Waals surface area contributed by atoms with Crippen LogP contribution >= 0.6 is 31.9 Å². The van der Waals surface area contributed by atoms with E-state index >= 15 is 0 Å². The van der Waals surface area contributed by atoms with E-state index in [9.17, 15) is 0 Å². The van der Waals surface area contributed by atoms with E-state index in [0.717, 1.165) is 21.5 Å². The number of halogens is 2. The first kappa shape index (κ1) is 14.8. The lowest BCUT2D eigenvalue weighted by molar-refractivity contribution is 0.366. The number of ether oxygens (including phenoxy) is 2. The second-order valence-electron chi connectivity index (χ2n) is 4.93. The second kappa shape index (κ2) is 5.61. The molecule has 2 nitrogen and oxygen atoms in total. The molecule has 1 aromatic rings. The van der Waals surface area contributed by atoms with Crippen LogP contribution in [0.5, 0.6) is 11.5 Å². The van der Waals surface area contributed by atoms with Crippen molar-refractivity contribution in [2.24, 2.45) is 5.41 Å². The zero-order chi connectivity index (χ0) is 13.2. The van der Waals surface area contributed by atoms with Crippen molar-refractivity contribution in [3.63, 3.8) is 0 Å². The summed E-state index contributed by atoms with van der Waals surface area (Å²) >= 11 is 7.25. The molecule has 1 aromatic carbocycles. The Bertz CT molecular complexity index is 397. The second-order valence-corrected chi connectivity index (χ2v) is 6.64. The van der Waals surface area contributed by atoms with Gasteiger partial charge in [-0.15, -0.1) is 0 Å². The summed E-state index contributed by atoms with van der Waals surface area (Å²) < 4.78 is 11.6. The minimum Gasteiger partial charge on any atom is -0.495 e. The third kappa shape index (κ3) is 3.16. The van der Waals surface area contributed by atoms with Gasteiger partial charge in [0, 0.05) is 10.4 Å². The van der Waals surface area contributed by atoms with Crippen LogP contribution in [0.3, 0.4) is 0 Å². The van der Waals surface area contributed by atoms with Gasteiger partial charge in [-0.1, -0.05) is 42.8 Å². The Balaban J connectivity index is 3.31. The topological polar surface area (TPSA) is 18.5 Å². The molecule has 0 N–H and O–H groups in total. The van der Waals surface area contributed by atoms with E-state index in [1.165, 1.54) is 0 Å². The predicted molar refractivity (Wildman–Crippen MR) is 78.4 cm³/mol. The molecule has 1 atom stereocenters. The summed E-state index contributed by atoms with van der Waals surface area (Å²) in [5, 5.41) is 0.